The Bertz CT molecular complexity index is 807. The van der Waals surface area contributed by atoms with E-state index in [4.69, 9.17) is 9.47 Å². The molecule has 2 N–H and O–H groups in total. The van der Waals surface area contributed by atoms with Gasteiger partial charge < -0.3 is 14.8 Å². The molecule has 2 aromatic rings. The average molecular weight is 359 g/mol. The normalized spacial score (nSPS) is 10.4. The van der Waals surface area contributed by atoms with E-state index in [1.165, 1.54) is 44.5 Å². The zero-order valence-corrected chi connectivity index (χ0v) is 14.3. The molecule has 136 valence electrons. The van der Waals surface area contributed by atoms with Crippen LogP contribution in [0, 0.1) is 5.82 Å². The van der Waals surface area contributed by atoms with Crippen molar-refractivity contribution in [2.75, 3.05) is 19.0 Å². The van der Waals surface area contributed by atoms with Crippen LogP contribution in [0.15, 0.2) is 47.6 Å². The first-order valence-electron chi connectivity index (χ1n) is 7.64. The Morgan fingerprint density at radius 3 is 2.54 bits per heavy atom. The van der Waals surface area contributed by atoms with E-state index in [0.717, 1.165) is 0 Å². The fraction of sp³-hybridized carbons (Fsp3) is 0.167. The number of amides is 2. The summed E-state index contributed by atoms with van der Waals surface area (Å²) in [7, 11) is 1.47. The van der Waals surface area contributed by atoms with Gasteiger partial charge >= 0.3 is 0 Å². The summed E-state index contributed by atoms with van der Waals surface area (Å²) in [5.41, 5.74) is 3.44. The van der Waals surface area contributed by atoms with Crippen LogP contribution in [0.5, 0.6) is 11.5 Å². The van der Waals surface area contributed by atoms with Gasteiger partial charge in [0.15, 0.2) is 18.1 Å². The van der Waals surface area contributed by atoms with Gasteiger partial charge in [-0.2, -0.15) is 5.10 Å². The third-order valence-corrected chi connectivity index (χ3v) is 3.11. The number of benzene rings is 2. The second kappa shape index (κ2) is 9.16. The number of rotatable bonds is 7. The van der Waals surface area contributed by atoms with Crippen LogP contribution >= 0.6 is 0 Å². The van der Waals surface area contributed by atoms with Gasteiger partial charge in [0.25, 0.3) is 5.91 Å². The van der Waals surface area contributed by atoms with Crippen molar-refractivity contribution in [2.45, 2.75) is 6.92 Å². The van der Waals surface area contributed by atoms with Crippen molar-refractivity contribution in [1.82, 2.24) is 5.43 Å². The van der Waals surface area contributed by atoms with Crippen molar-refractivity contribution in [3.63, 3.8) is 0 Å². The maximum absolute atomic E-state index is 12.8. The highest BCUT2D eigenvalue weighted by Crippen LogP contribution is 2.27. The number of hydrogen-bond donors (Lipinski definition) is 2. The molecule has 0 aromatic heterocycles. The molecular formula is C18H18FN3O4. The van der Waals surface area contributed by atoms with E-state index in [9.17, 15) is 14.0 Å². The monoisotopic (exact) mass is 359 g/mol. The highest BCUT2D eigenvalue weighted by molar-refractivity contribution is 5.91. The number of methoxy groups -OCH3 is 1. The molecule has 0 aliphatic carbocycles. The predicted molar refractivity (Wildman–Crippen MR) is 94.9 cm³/mol. The first-order valence-corrected chi connectivity index (χ1v) is 7.64. The number of carbonyl (C=O) groups is 2. The third-order valence-electron chi connectivity index (χ3n) is 3.11. The van der Waals surface area contributed by atoms with E-state index in [2.05, 4.69) is 15.8 Å². The first-order chi connectivity index (χ1) is 12.5. The molecule has 0 spiro atoms. The van der Waals surface area contributed by atoms with Gasteiger partial charge in [0.1, 0.15) is 5.82 Å². The van der Waals surface area contributed by atoms with Gasteiger partial charge in [-0.25, -0.2) is 9.82 Å². The molecule has 0 saturated heterocycles. The quantitative estimate of drug-likeness (QED) is 0.586. The maximum Gasteiger partial charge on any atom is 0.262 e. The van der Waals surface area contributed by atoms with Crippen LogP contribution in [0.4, 0.5) is 10.1 Å². The summed E-state index contributed by atoms with van der Waals surface area (Å²) < 4.78 is 23.5. The molecule has 0 saturated carbocycles. The fourth-order valence-electron chi connectivity index (χ4n) is 1.96. The highest BCUT2D eigenvalue weighted by atomic mass is 19.1. The maximum atomic E-state index is 12.8. The smallest absolute Gasteiger partial charge is 0.262 e. The Kier molecular flexibility index (Phi) is 6.67. The van der Waals surface area contributed by atoms with Gasteiger partial charge in [-0.05, 0) is 48.0 Å². The van der Waals surface area contributed by atoms with E-state index in [-0.39, 0.29) is 18.3 Å². The molecule has 0 aliphatic rings. The number of halogens is 1. The molecule has 8 heteroatoms. The second-order valence-corrected chi connectivity index (χ2v) is 5.18. The van der Waals surface area contributed by atoms with Gasteiger partial charge in [-0.1, -0.05) is 0 Å². The summed E-state index contributed by atoms with van der Waals surface area (Å²) in [4.78, 5) is 22.7. The molecular weight excluding hydrogens is 341 g/mol. The number of hydrazone groups is 1. The summed E-state index contributed by atoms with van der Waals surface area (Å²) in [5, 5.41) is 6.36. The van der Waals surface area contributed by atoms with E-state index in [1.54, 1.807) is 18.2 Å². The predicted octanol–water partition coefficient (Wildman–Crippen LogP) is 2.32. The van der Waals surface area contributed by atoms with Gasteiger partial charge in [0.05, 0.1) is 13.3 Å². The molecule has 0 radical (unpaired) electrons. The van der Waals surface area contributed by atoms with Gasteiger partial charge in [-0.3, -0.25) is 9.59 Å². The fourth-order valence-corrected chi connectivity index (χ4v) is 1.96. The van der Waals surface area contributed by atoms with Crippen LogP contribution in [-0.2, 0) is 9.59 Å². The van der Waals surface area contributed by atoms with Crippen molar-refractivity contribution < 1.29 is 23.5 Å². The molecule has 0 unspecified atom stereocenters. The molecule has 0 atom stereocenters. The SMILES string of the molecule is COc1cc(/C=N/NC(C)=O)ccc1OCC(=O)Nc1ccc(F)cc1. The lowest BCUT2D eigenvalue weighted by Crippen LogP contribution is -2.20. The minimum absolute atomic E-state index is 0.243. The largest absolute Gasteiger partial charge is 0.493 e. The second-order valence-electron chi connectivity index (χ2n) is 5.18. The first kappa shape index (κ1) is 18.9. The minimum atomic E-state index is -0.394. The molecule has 0 heterocycles. The number of nitrogens with one attached hydrogen (secondary N) is 2. The number of hydrogen-bond acceptors (Lipinski definition) is 5. The van der Waals surface area contributed by atoms with E-state index in [1.807, 2.05) is 0 Å². The molecule has 0 bridgehead atoms. The summed E-state index contributed by atoms with van der Waals surface area (Å²) in [6, 6.07) is 10.4. The zero-order valence-electron chi connectivity index (χ0n) is 14.3. The van der Waals surface area contributed by atoms with Crippen molar-refractivity contribution in [1.29, 1.82) is 0 Å². The number of carbonyl (C=O) groups excluding carboxylic acids is 2. The summed E-state index contributed by atoms with van der Waals surface area (Å²) in [6.45, 7) is 1.11. The number of anilines is 1. The third kappa shape index (κ3) is 5.90. The van der Waals surface area contributed by atoms with Crippen molar-refractivity contribution in [3.8, 4) is 11.5 Å². The molecule has 0 aliphatic heterocycles. The van der Waals surface area contributed by atoms with Crippen LogP contribution in [0.1, 0.15) is 12.5 Å². The lowest BCUT2D eigenvalue weighted by molar-refractivity contribution is -0.119. The van der Waals surface area contributed by atoms with E-state index < -0.39 is 5.91 Å². The lowest BCUT2D eigenvalue weighted by atomic mass is 10.2. The standard InChI is InChI=1S/C18H18FN3O4/c1-12(23)22-20-10-13-3-8-16(17(9-13)25-2)26-11-18(24)21-15-6-4-14(19)5-7-15/h3-10H,11H2,1-2H3,(H,21,24)(H,22,23)/b20-10+. The molecule has 2 amide bonds. The van der Waals surface area contributed by atoms with Crippen molar-refractivity contribution in [2.24, 2.45) is 5.10 Å². The van der Waals surface area contributed by atoms with Crippen molar-refractivity contribution >= 4 is 23.7 Å². The Balaban J connectivity index is 1.95. The number of nitrogens with zero attached hydrogens (tertiary/aromatic N) is 1. The van der Waals surface area contributed by atoms with Gasteiger partial charge in [0, 0.05) is 12.6 Å². The molecule has 2 aromatic carbocycles. The Hall–Kier alpha value is -3.42. The Morgan fingerprint density at radius 2 is 1.88 bits per heavy atom. The zero-order chi connectivity index (χ0) is 18.9. The van der Waals surface area contributed by atoms with Crippen LogP contribution < -0.4 is 20.2 Å². The molecule has 0 fully saturated rings. The Labute approximate surface area is 149 Å². The highest BCUT2D eigenvalue weighted by Gasteiger charge is 2.09. The average Bonchev–Trinajstić information content (AvgIpc) is 2.62. The molecule has 2 rings (SSSR count). The summed E-state index contributed by atoms with van der Waals surface area (Å²) >= 11 is 0. The van der Waals surface area contributed by atoms with E-state index >= 15 is 0 Å². The molecule has 7 nitrogen and oxygen atoms in total. The number of ether oxygens (including phenoxy) is 2. The summed E-state index contributed by atoms with van der Waals surface area (Å²) in [6.07, 6.45) is 1.45. The topological polar surface area (TPSA) is 89.0 Å². The lowest BCUT2D eigenvalue weighted by Gasteiger charge is -2.11. The van der Waals surface area contributed by atoms with E-state index in [0.29, 0.717) is 22.7 Å². The van der Waals surface area contributed by atoms with Crippen LogP contribution in [0.3, 0.4) is 0 Å². The Morgan fingerprint density at radius 1 is 1.15 bits per heavy atom. The van der Waals surface area contributed by atoms with Gasteiger partial charge in [0.2, 0.25) is 5.91 Å². The van der Waals surface area contributed by atoms with Crippen molar-refractivity contribution in [3.05, 3.63) is 53.8 Å². The van der Waals surface area contributed by atoms with Gasteiger partial charge in [-0.15, -0.1) is 0 Å². The molecule has 26 heavy (non-hydrogen) atoms. The summed E-state index contributed by atoms with van der Waals surface area (Å²) in [5.74, 6) is -0.272. The van der Waals surface area contributed by atoms with Crippen LogP contribution in [0.2, 0.25) is 0 Å². The minimum Gasteiger partial charge on any atom is -0.493 e. The van der Waals surface area contributed by atoms with Crippen LogP contribution in [-0.4, -0.2) is 31.7 Å². The van der Waals surface area contributed by atoms with Crippen LogP contribution in [0.25, 0.3) is 0 Å².